The van der Waals surface area contributed by atoms with Crippen molar-refractivity contribution in [2.24, 2.45) is 0 Å². The number of nitrogens with zero attached hydrogens (tertiary/aromatic N) is 3. The second-order valence-corrected chi connectivity index (χ2v) is 11.7. The topological polar surface area (TPSA) is 92.5 Å². The maximum Gasteiger partial charge on any atom is 0.319 e. The molecule has 2 aromatic carbocycles. The number of thioether (sulfide) groups is 1. The van der Waals surface area contributed by atoms with Crippen molar-refractivity contribution in [2.45, 2.75) is 88.8 Å². The molecule has 0 aliphatic heterocycles. The molecule has 1 atom stereocenters. The van der Waals surface area contributed by atoms with Gasteiger partial charge in [0.15, 0.2) is 0 Å². The predicted octanol–water partition coefficient (Wildman–Crippen LogP) is 6.82. The first-order valence-electron chi connectivity index (χ1n) is 14.2. The minimum absolute atomic E-state index is 0.0948. The first-order chi connectivity index (χ1) is 19.2. The summed E-state index contributed by atoms with van der Waals surface area (Å²) >= 11 is 1.31. The number of aromatic nitrogens is 2. The van der Waals surface area contributed by atoms with Gasteiger partial charge in [0, 0.05) is 35.2 Å². The fraction of sp³-hybridized carbons (Fsp3) is 0.438. The average Bonchev–Trinajstić information content (AvgIpc) is 2.96. The SMILES string of the molecule is CCCCCCCN(C(=O)Cn1c(CC)nc(-c2ccccc2)cc1=O)c1ccc(SC(C)(CC)C(=O)O)cc1. The summed E-state index contributed by atoms with van der Waals surface area (Å²) in [6.07, 6.45) is 6.30. The van der Waals surface area contributed by atoms with Gasteiger partial charge in [-0.15, -0.1) is 11.8 Å². The number of hydrogen-bond donors (Lipinski definition) is 1. The molecule has 214 valence electrons. The number of carboxylic acid groups (broad SMARTS) is 1. The molecule has 0 spiro atoms. The second-order valence-electron chi connectivity index (χ2n) is 10.1. The summed E-state index contributed by atoms with van der Waals surface area (Å²) in [5, 5.41) is 9.65. The molecule has 3 aromatic rings. The van der Waals surface area contributed by atoms with E-state index >= 15 is 0 Å². The third kappa shape index (κ3) is 8.07. The van der Waals surface area contributed by atoms with Crippen LogP contribution in [0.15, 0.2) is 70.4 Å². The predicted molar refractivity (Wildman–Crippen MR) is 163 cm³/mol. The summed E-state index contributed by atoms with van der Waals surface area (Å²) in [4.78, 5) is 45.9. The first-order valence-corrected chi connectivity index (χ1v) is 15.0. The van der Waals surface area contributed by atoms with E-state index < -0.39 is 10.7 Å². The van der Waals surface area contributed by atoms with Crippen LogP contribution < -0.4 is 10.5 Å². The monoisotopic (exact) mass is 563 g/mol. The molecule has 1 amide bonds. The Morgan fingerprint density at radius 3 is 2.25 bits per heavy atom. The molecule has 1 N–H and O–H groups in total. The van der Waals surface area contributed by atoms with E-state index in [1.165, 1.54) is 22.4 Å². The number of benzene rings is 2. The smallest absolute Gasteiger partial charge is 0.319 e. The van der Waals surface area contributed by atoms with E-state index in [2.05, 4.69) is 6.92 Å². The standard InChI is InChI=1S/C32H41N3O4S/c1-5-8-9-10-14-21-34(25-17-19-26(20-18-25)40-32(4,7-3)31(38)39)30(37)23-35-28(6-2)33-27(22-29(35)36)24-15-12-11-13-16-24/h11-13,15-20,22H,5-10,14,21,23H2,1-4H3,(H,38,39). The van der Waals surface area contributed by atoms with Crippen LogP contribution in [0.4, 0.5) is 5.69 Å². The molecule has 1 aromatic heterocycles. The van der Waals surface area contributed by atoms with Gasteiger partial charge in [-0.25, -0.2) is 4.98 Å². The molecular weight excluding hydrogens is 522 g/mol. The number of unbranched alkanes of at least 4 members (excludes halogenated alkanes) is 4. The Morgan fingerprint density at radius 2 is 1.65 bits per heavy atom. The highest BCUT2D eigenvalue weighted by molar-refractivity contribution is 8.01. The number of rotatable bonds is 15. The molecule has 0 fully saturated rings. The van der Waals surface area contributed by atoms with Gasteiger partial charge in [0.1, 0.15) is 17.1 Å². The van der Waals surface area contributed by atoms with E-state index in [0.717, 1.165) is 48.3 Å². The van der Waals surface area contributed by atoms with E-state index in [1.54, 1.807) is 11.8 Å². The molecule has 1 unspecified atom stereocenters. The average molecular weight is 564 g/mol. The van der Waals surface area contributed by atoms with Gasteiger partial charge < -0.3 is 10.0 Å². The number of carbonyl (C=O) groups is 2. The first kappa shape index (κ1) is 31.1. The van der Waals surface area contributed by atoms with E-state index in [-0.39, 0.29) is 18.0 Å². The molecule has 0 saturated heterocycles. The van der Waals surface area contributed by atoms with Crippen molar-refractivity contribution in [3.05, 3.63) is 76.8 Å². The van der Waals surface area contributed by atoms with E-state index in [9.17, 15) is 19.5 Å². The Kier molecular flexibility index (Phi) is 11.6. The Labute approximate surface area is 241 Å². The number of carboxylic acids is 1. The van der Waals surface area contributed by atoms with Gasteiger partial charge in [-0.05, 0) is 44.0 Å². The highest BCUT2D eigenvalue weighted by Gasteiger charge is 2.32. The highest BCUT2D eigenvalue weighted by Crippen LogP contribution is 2.36. The van der Waals surface area contributed by atoms with Crippen molar-refractivity contribution in [3.63, 3.8) is 0 Å². The Hall–Kier alpha value is -3.39. The van der Waals surface area contributed by atoms with Crippen molar-refractivity contribution in [1.82, 2.24) is 9.55 Å². The molecule has 1 heterocycles. The Morgan fingerprint density at radius 1 is 0.975 bits per heavy atom. The fourth-order valence-electron chi connectivity index (χ4n) is 4.46. The molecule has 0 radical (unpaired) electrons. The van der Waals surface area contributed by atoms with E-state index in [0.29, 0.717) is 30.9 Å². The minimum atomic E-state index is -0.924. The molecule has 3 rings (SSSR count). The van der Waals surface area contributed by atoms with Gasteiger partial charge in [0.25, 0.3) is 5.56 Å². The lowest BCUT2D eigenvalue weighted by Crippen LogP contribution is -2.38. The lowest BCUT2D eigenvalue weighted by atomic mass is 10.1. The molecular formula is C32H41N3O4S. The van der Waals surface area contributed by atoms with Crippen LogP contribution in [0.1, 0.15) is 72.0 Å². The Balaban J connectivity index is 1.86. The summed E-state index contributed by atoms with van der Waals surface area (Å²) in [6.45, 7) is 8.14. The number of aryl methyl sites for hydroxylation is 1. The summed E-state index contributed by atoms with van der Waals surface area (Å²) in [7, 11) is 0. The zero-order valence-electron chi connectivity index (χ0n) is 24.1. The van der Waals surface area contributed by atoms with Crippen LogP contribution in [0.25, 0.3) is 11.3 Å². The molecule has 40 heavy (non-hydrogen) atoms. The van der Waals surface area contributed by atoms with Crippen molar-refractivity contribution >= 4 is 29.3 Å². The highest BCUT2D eigenvalue weighted by atomic mass is 32.2. The third-order valence-corrected chi connectivity index (χ3v) is 8.59. The summed E-state index contributed by atoms with van der Waals surface area (Å²) in [5.74, 6) is -0.454. The lowest BCUT2D eigenvalue weighted by Gasteiger charge is -2.25. The number of aliphatic carboxylic acids is 1. The molecule has 0 saturated carbocycles. The number of hydrogen-bond acceptors (Lipinski definition) is 5. The molecule has 0 aliphatic carbocycles. The third-order valence-electron chi connectivity index (χ3n) is 7.17. The quantitative estimate of drug-likeness (QED) is 0.161. The largest absolute Gasteiger partial charge is 0.480 e. The van der Waals surface area contributed by atoms with E-state index in [4.69, 9.17) is 4.98 Å². The van der Waals surface area contributed by atoms with Crippen molar-refractivity contribution in [3.8, 4) is 11.3 Å². The molecule has 8 heteroatoms. The van der Waals surface area contributed by atoms with Crippen molar-refractivity contribution in [2.75, 3.05) is 11.4 Å². The zero-order chi connectivity index (χ0) is 29.1. The van der Waals surface area contributed by atoms with Crippen LogP contribution in [0.2, 0.25) is 0 Å². The van der Waals surface area contributed by atoms with Crippen molar-refractivity contribution < 1.29 is 14.7 Å². The molecule has 0 bridgehead atoms. The minimum Gasteiger partial charge on any atom is -0.480 e. The van der Waals surface area contributed by atoms with Crippen LogP contribution in [0.3, 0.4) is 0 Å². The Bertz CT molecular complexity index is 1320. The molecule has 7 nitrogen and oxygen atoms in total. The van der Waals surface area contributed by atoms with Gasteiger partial charge in [0.2, 0.25) is 5.91 Å². The van der Waals surface area contributed by atoms with E-state index in [1.807, 2.05) is 68.4 Å². The lowest BCUT2D eigenvalue weighted by molar-refractivity contribution is -0.139. The van der Waals surface area contributed by atoms with Gasteiger partial charge in [-0.2, -0.15) is 0 Å². The number of amides is 1. The van der Waals surface area contributed by atoms with Gasteiger partial charge >= 0.3 is 5.97 Å². The van der Waals surface area contributed by atoms with Crippen LogP contribution in [0.5, 0.6) is 0 Å². The van der Waals surface area contributed by atoms with Crippen LogP contribution >= 0.6 is 11.8 Å². The summed E-state index contributed by atoms with van der Waals surface area (Å²) in [6, 6.07) is 18.5. The van der Waals surface area contributed by atoms with Gasteiger partial charge in [0.05, 0.1) is 5.69 Å². The van der Waals surface area contributed by atoms with Gasteiger partial charge in [-0.3, -0.25) is 19.0 Å². The maximum atomic E-state index is 13.7. The zero-order valence-corrected chi connectivity index (χ0v) is 24.9. The summed E-state index contributed by atoms with van der Waals surface area (Å²) < 4.78 is 0.551. The van der Waals surface area contributed by atoms with Crippen LogP contribution in [-0.2, 0) is 22.6 Å². The number of anilines is 1. The second kappa shape index (κ2) is 14.8. The maximum absolute atomic E-state index is 13.7. The van der Waals surface area contributed by atoms with Gasteiger partial charge in [-0.1, -0.05) is 76.8 Å². The van der Waals surface area contributed by atoms with Crippen molar-refractivity contribution in [1.29, 1.82) is 0 Å². The fourth-order valence-corrected chi connectivity index (χ4v) is 5.49. The van der Waals surface area contributed by atoms with Crippen LogP contribution in [-0.4, -0.2) is 37.8 Å². The summed E-state index contributed by atoms with van der Waals surface area (Å²) in [5.41, 5.74) is 1.95. The molecule has 0 aliphatic rings. The van der Waals surface area contributed by atoms with Crippen LogP contribution in [0, 0.1) is 0 Å². The number of carbonyl (C=O) groups excluding carboxylic acids is 1. The normalized spacial score (nSPS) is 12.6.